The molecule has 1 aromatic rings. The van der Waals surface area contributed by atoms with Crippen LogP contribution in [0.1, 0.15) is 24.8 Å². The summed E-state index contributed by atoms with van der Waals surface area (Å²) in [5, 5.41) is 6.01. The summed E-state index contributed by atoms with van der Waals surface area (Å²) in [6.45, 7) is 1.25. The summed E-state index contributed by atoms with van der Waals surface area (Å²) in [6, 6.07) is 6.78. The van der Waals surface area contributed by atoms with E-state index in [2.05, 4.69) is 10.6 Å². The second kappa shape index (κ2) is 5.77. The Morgan fingerprint density at radius 2 is 2.29 bits per heavy atom. The first kappa shape index (κ1) is 12.0. The normalized spacial score (nSPS) is 19.2. The molecule has 1 aliphatic heterocycles. The molecule has 1 amide bonds. The molecule has 2 N–H and O–H groups in total. The minimum absolute atomic E-state index is 0.0207. The Morgan fingerprint density at radius 1 is 1.47 bits per heavy atom. The highest BCUT2D eigenvalue weighted by molar-refractivity contribution is 5.76. The molecular weight excluding hydrogens is 219 g/mol. The fraction of sp³-hybridized carbons (Fsp3) is 0.462. The fourth-order valence-electron chi connectivity index (χ4n) is 2.06. The van der Waals surface area contributed by atoms with Gasteiger partial charge in [0.2, 0.25) is 5.91 Å². The first-order valence-corrected chi connectivity index (χ1v) is 5.99. The predicted octanol–water partition coefficient (Wildman–Crippen LogP) is 1.58. The van der Waals surface area contributed by atoms with Crippen molar-refractivity contribution in [3.8, 4) is 0 Å². The van der Waals surface area contributed by atoms with Crippen molar-refractivity contribution in [1.82, 2.24) is 10.6 Å². The average molecular weight is 236 g/mol. The van der Waals surface area contributed by atoms with E-state index in [1.807, 2.05) is 0 Å². The van der Waals surface area contributed by atoms with Crippen LogP contribution in [0.2, 0.25) is 0 Å². The van der Waals surface area contributed by atoms with Crippen LogP contribution in [-0.2, 0) is 11.3 Å². The first-order chi connectivity index (χ1) is 8.25. The maximum atomic E-state index is 13.3. The summed E-state index contributed by atoms with van der Waals surface area (Å²) < 4.78 is 13.3. The number of benzene rings is 1. The van der Waals surface area contributed by atoms with E-state index in [1.54, 1.807) is 18.2 Å². The lowest BCUT2D eigenvalue weighted by molar-refractivity contribution is -0.121. The number of amides is 1. The largest absolute Gasteiger partial charge is 0.352 e. The summed E-state index contributed by atoms with van der Waals surface area (Å²) in [6.07, 6.45) is 2.66. The maximum absolute atomic E-state index is 13.3. The Labute approximate surface area is 100 Å². The molecule has 0 aromatic heterocycles. The van der Waals surface area contributed by atoms with Gasteiger partial charge in [-0.3, -0.25) is 4.79 Å². The molecule has 1 unspecified atom stereocenters. The fourth-order valence-corrected chi connectivity index (χ4v) is 2.06. The highest BCUT2D eigenvalue weighted by Gasteiger charge is 2.17. The molecule has 0 aliphatic carbocycles. The monoisotopic (exact) mass is 236 g/mol. The molecule has 0 saturated carbocycles. The number of hydrogen-bond acceptors (Lipinski definition) is 2. The van der Waals surface area contributed by atoms with Gasteiger partial charge in [0.05, 0.1) is 0 Å². The van der Waals surface area contributed by atoms with Gasteiger partial charge in [-0.05, 0) is 25.5 Å². The zero-order valence-corrected chi connectivity index (χ0v) is 9.71. The second-order valence-electron chi connectivity index (χ2n) is 4.37. The van der Waals surface area contributed by atoms with Crippen molar-refractivity contribution in [2.24, 2.45) is 0 Å². The van der Waals surface area contributed by atoms with Gasteiger partial charge in [-0.15, -0.1) is 0 Å². The van der Waals surface area contributed by atoms with Crippen LogP contribution in [0.5, 0.6) is 0 Å². The molecule has 1 heterocycles. The van der Waals surface area contributed by atoms with Crippen molar-refractivity contribution in [3.63, 3.8) is 0 Å². The van der Waals surface area contributed by atoms with Crippen molar-refractivity contribution in [2.75, 3.05) is 6.54 Å². The molecule has 1 aromatic carbocycles. The maximum Gasteiger partial charge on any atom is 0.221 e. The quantitative estimate of drug-likeness (QED) is 0.833. The first-order valence-electron chi connectivity index (χ1n) is 5.99. The van der Waals surface area contributed by atoms with Crippen molar-refractivity contribution in [1.29, 1.82) is 0 Å². The Balaban J connectivity index is 1.77. The third kappa shape index (κ3) is 3.53. The van der Waals surface area contributed by atoms with Gasteiger partial charge in [0, 0.05) is 24.6 Å². The van der Waals surface area contributed by atoms with Crippen molar-refractivity contribution in [3.05, 3.63) is 35.6 Å². The highest BCUT2D eigenvalue weighted by Crippen LogP contribution is 2.09. The Bertz CT molecular complexity index is 389. The lowest BCUT2D eigenvalue weighted by atomic mass is 10.1. The van der Waals surface area contributed by atoms with Gasteiger partial charge in [-0.1, -0.05) is 18.2 Å². The summed E-state index contributed by atoms with van der Waals surface area (Å²) in [7, 11) is 0. The van der Waals surface area contributed by atoms with E-state index in [9.17, 15) is 9.18 Å². The van der Waals surface area contributed by atoms with E-state index in [0.717, 1.165) is 19.4 Å². The van der Waals surface area contributed by atoms with E-state index in [0.29, 0.717) is 12.0 Å². The number of hydrogen-bond donors (Lipinski definition) is 2. The van der Waals surface area contributed by atoms with Crippen LogP contribution in [0.25, 0.3) is 0 Å². The number of carbonyl (C=O) groups is 1. The molecule has 0 bridgehead atoms. The van der Waals surface area contributed by atoms with Crippen LogP contribution in [0, 0.1) is 5.82 Å². The van der Waals surface area contributed by atoms with E-state index in [4.69, 9.17) is 0 Å². The molecule has 4 heteroatoms. The molecule has 0 radical (unpaired) electrons. The van der Waals surface area contributed by atoms with Gasteiger partial charge in [0.1, 0.15) is 5.82 Å². The van der Waals surface area contributed by atoms with Gasteiger partial charge < -0.3 is 10.6 Å². The standard InChI is InChI=1S/C13H17FN2O/c14-12-6-2-1-4-10(12)9-16-13(17)8-11-5-3-7-15-11/h1-2,4,6,11,15H,3,5,7-9H2,(H,16,17). The summed E-state index contributed by atoms with van der Waals surface area (Å²) in [5.41, 5.74) is 0.528. The predicted molar refractivity (Wildman–Crippen MR) is 63.9 cm³/mol. The van der Waals surface area contributed by atoms with Crippen LogP contribution in [-0.4, -0.2) is 18.5 Å². The summed E-state index contributed by atoms with van der Waals surface area (Å²) >= 11 is 0. The zero-order chi connectivity index (χ0) is 12.1. The van der Waals surface area contributed by atoms with Gasteiger partial charge >= 0.3 is 0 Å². The molecule has 1 atom stereocenters. The van der Waals surface area contributed by atoms with E-state index in [-0.39, 0.29) is 24.3 Å². The van der Waals surface area contributed by atoms with Crippen LogP contribution in [0.15, 0.2) is 24.3 Å². The number of carbonyl (C=O) groups excluding carboxylic acids is 1. The van der Waals surface area contributed by atoms with Crippen molar-refractivity contribution >= 4 is 5.91 Å². The number of rotatable bonds is 4. The molecule has 2 rings (SSSR count). The SMILES string of the molecule is O=C(CC1CCCN1)NCc1ccccc1F. The summed E-state index contributed by atoms with van der Waals surface area (Å²) in [4.78, 5) is 11.6. The molecule has 3 nitrogen and oxygen atoms in total. The molecule has 17 heavy (non-hydrogen) atoms. The van der Waals surface area contributed by atoms with Gasteiger partial charge in [-0.25, -0.2) is 4.39 Å². The Kier molecular flexibility index (Phi) is 4.09. The van der Waals surface area contributed by atoms with Crippen LogP contribution < -0.4 is 10.6 Å². The van der Waals surface area contributed by atoms with E-state index in [1.165, 1.54) is 6.07 Å². The summed E-state index contributed by atoms with van der Waals surface area (Å²) in [5.74, 6) is -0.292. The van der Waals surface area contributed by atoms with Crippen molar-refractivity contribution in [2.45, 2.75) is 31.8 Å². The second-order valence-corrected chi connectivity index (χ2v) is 4.37. The van der Waals surface area contributed by atoms with Crippen LogP contribution in [0.3, 0.4) is 0 Å². The minimum atomic E-state index is -0.271. The molecule has 0 spiro atoms. The molecule has 1 fully saturated rings. The average Bonchev–Trinajstić information content (AvgIpc) is 2.81. The van der Waals surface area contributed by atoms with E-state index >= 15 is 0 Å². The zero-order valence-electron chi connectivity index (χ0n) is 9.71. The third-order valence-electron chi connectivity index (χ3n) is 3.03. The highest BCUT2D eigenvalue weighted by atomic mass is 19.1. The molecule has 1 aliphatic rings. The van der Waals surface area contributed by atoms with E-state index < -0.39 is 0 Å². The smallest absolute Gasteiger partial charge is 0.221 e. The van der Waals surface area contributed by atoms with Crippen LogP contribution >= 0.6 is 0 Å². The Morgan fingerprint density at radius 3 is 3.00 bits per heavy atom. The topological polar surface area (TPSA) is 41.1 Å². The van der Waals surface area contributed by atoms with Gasteiger partial charge in [0.15, 0.2) is 0 Å². The molecular formula is C13H17FN2O. The lowest BCUT2D eigenvalue weighted by Gasteiger charge is -2.10. The molecule has 1 saturated heterocycles. The number of nitrogens with one attached hydrogen (secondary N) is 2. The Hall–Kier alpha value is -1.42. The van der Waals surface area contributed by atoms with Gasteiger partial charge in [0.25, 0.3) is 0 Å². The molecule has 92 valence electrons. The number of halogens is 1. The van der Waals surface area contributed by atoms with Gasteiger partial charge in [-0.2, -0.15) is 0 Å². The van der Waals surface area contributed by atoms with Crippen LogP contribution in [0.4, 0.5) is 4.39 Å². The minimum Gasteiger partial charge on any atom is -0.352 e. The third-order valence-corrected chi connectivity index (χ3v) is 3.03. The van der Waals surface area contributed by atoms with Crippen molar-refractivity contribution < 1.29 is 9.18 Å². The lowest BCUT2D eigenvalue weighted by Crippen LogP contribution is -2.31.